The number of allylic oxidation sites excluding steroid dienone is 1. The molecule has 5 nitrogen and oxygen atoms in total. The summed E-state index contributed by atoms with van der Waals surface area (Å²) in [4.78, 5) is 16.9. The zero-order valence-corrected chi connectivity index (χ0v) is 13.7. The van der Waals surface area contributed by atoms with Crippen molar-refractivity contribution in [3.8, 4) is 12.0 Å². The van der Waals surface area contributed by atoms with Gasteiger partial charge >= 0.3 is 0 Å². The predicted octanol–water partition coefficient (Wildman–Crippen LogP) is 3.76. The van der Waals surface area contributed by atoms with Gasteiger partial charge in [-0.3, -0.25) is 4.79 Å². The molecule has 0 saturated heterocycles. The van der Waals surface area contributed by atoms with Crippen molar-refractivity contribution in [2.24, 2.45) is 5.10 Å². The lowest BCUT2D eigenvalue weighted by molar-refractivity contribution is -0.117. The van der Waals surface area contributed by atoms with Crippen LogP contribution in [0.4, 0.5) is 5.69 Å². The van der Waals surface area contributed by atoms with Crippen LogP contribution in [-0.2, 0) is 9.63 Å². The molecular formula is C14H10Cl3N3O2. The van der Waals surface area contributed by atoms with Crippen LogP contribution in [0.3, 0.4) is 0 Å². The van der Waals surface area contributed by atoms with Crippen molar-refractivity contribution in [2.45, 2.75) is 13.3 Å². The fraction of sp³-hybridized carbons (Fsp3) is 0.143. The van der Waals surface area contributed by atoms with Crippen molar-refractivity contribution in [1.82, 2.24) is 5.48 Å². The van der Waals surface area contributed by atoms with Gasteiger partial charge in [-0.1, -0.05) is 41.4 Å². The van der Waals surface area contributed by atoms with Crippen LogP contribution in [0, 0.1) is 12.0 Å². The minimum Gasteiger partial charge on any atom is -0.327 e. The second-order valence-electron chi connectivity index (χ2n) is 4.36. The van der Waals surface area contributed by atoms with Crippen LogP contribution in [-0.4, -0.2) is 11.7 Å². The van der Waals surface area contributed by atoms with E-state index in [0.717, 1.165) is 5.01 Å². The number of amidine groups is 1. The number of hydroxylamine groups is 1. The number of carbonyl (C=O) groups excluding carboxylic acids is 1. The van der Waals surface area contributed by atoms with Gasteiger partial charge in [0.25, 0.3) is 5.91 Å². The van der Waals surface area contributed by atoms with Crippen LogP contribution in [0.25, 0.3) is 0 Å². The van der Waals surface area contributed by atoms with E-state index in [1.165, 1.54) is 12.1 Å². The van der Waals surface area contributed by atoms with E-state index >= 15 is 0 Å². The van der Waals surface area contributed by atoms with Crippen molar-refractivity contribution in [2.75, 3.05) is 5.01 Å². The number of hydrogen-bond acceptors (Lipinski definition) is 4. The van der Waals surface area contributed by atoms with Gasteiger partial charge in [0.05, 0.1) is 16.5 Å². The van der Waals surface area contributed by atoms with E-state index in [0.29, 0.717) is 10.6 Å². The van der Waals surface area contributed by atoms with Gasteiger partial charge in [0.2, 0.25) is 0 Å². The Bertz CT molecular complexity index is 712. The van der Waals surface area contributed by atoms with E-state index < -0.39 is 0 Å². The molecule has 1 aromatic carbocycles. The molecule has 0 spiro atoms. The molecule has 0 atom stereocenters. The number of hydrogen-bond donors (Lipinski definition) is 1. The normalized spacial score (nSPS) is 13.4. The first-order chi connectivity index (χ1) is 10.4. The van der Waals surface area contributed by atoms with Crippen molar-refractivity contribution < 1.29 is 9.63 Å². The van der Waals surface area contributed by atoms with Gasteiger partial charge in [-0.05, 0) is 30.6 Å². The van der Waals surface area contributed by atoms with E-state index in [1.54, 1.807) is 6.92 Å². The Morgan fingerprint density at radius 3 is 2.64 bits per heavy atom. The average molecular weight is 359 g/mol. The SMILES string of the molecule is C=C(C)C#CONC1=NN(c2c(Cl)cc(Cl)cc2Cl)C(=O)C1. The fourth-order valence-electron chi connectivity index (χ4n) is 1.60. The first-order valence-electron chi connectivity index (χ1n) is 6.02. The molecule has 0 unspecified atom stereocenters. The zero-order valence-electron chi connectivity index (χ0n) is 11.4. The average Bonchev–Trinajstić information content (AvgIpc) is 2.75. The summed E-state index contributed by atoms with van der Waals surface area (Å²) in [6.07, 6.45) is 2.37. The summed E-state index contributed by atoms with van der Waals surface area (Å²) in [5, 5.41) is 5.97. The second-order valence-corrected chi connectivity index (χ2v) is 5.61. The van der Waals surface area contributed by atoms with Gasteiger partial charge in [0.15, 0.2) is 11.9 Å². The number of halogens is 3. The van der Waals surface area contributed by atoms with Crippen LogP contribution >= 0.6 is 34.8 Å². The standard InChI is InChI=1S/C14H10Cl3N3O2/c1-8(2)3-4-22-19-12-7-13(21)20(18-12)14-10(16)5-9(15)6-11(14)17/h5-6H,1,7H2,2H3,(H,18,19). The Morgan fingerprint density at radius 1 is 1.41 bits per heavy atom. The van der Waals surface area contributed by atoms with Crippen molar-refractivity contribution >= 4 is 52.2 Å². The third kappa shape index (κ3) is 3.86. The van der Waals surface area contributed by atoms with Crippen LogP contribution in [0.1, 0.15) is 13.3 Å². The number of amides is 1. The van der Waals surface area contributed by atoms with Crippen molar-refractivity contribution in [1.29, 1.82) is 0 Å². The number of rotatable bonds is 2. The fourth-order valence-corrected chi connectivity index (χ4v) is 2.57. The number of nitrogens with zero attached hydrogens (tertiary/aromatic N) is 2. The molecule has 1 aromatic rings. The highest BCUT2D eigenvalue weighted by Crippen LogP contribution is 2.38. The molecule has 0 aromatic heterocycles. The topological polar surface area (TPSA) is 53.9 Å². The lowest BCUT2D eigenvalue weighted by Crippen LogP contribution is -2.21. The number of anilines is 1. The lowest BCUT2D eigenvalue weighted by atomic mass is 10.3. The molecule has 1 aliphatic rings. The van der Waals surface area contributed by atoms with Gasteiger partial charge in [-0.15, -0.1) is 5.10 Å². The third-order valence-corrected chi connectivity index (χ3v) is 3.25. The van der Waals surface area contributed by atoms with Crippen molar-refractivity contribution in [3.05, 3.63) is 39.4 Å². The van der Waals surface area contributed by atoms with Crippen LogP contribution in [0.5, 0.6) is 0 Å². The number of carbonyl (C=O) groups is 1. The first kappa shape index (κ1) is 16.5. The molecule has 22 heavy (non-hydrogen) atoms. The second kappa shape index (κ2) is 6.93. The summed E-state index contributed by atoms with van der Waals surface area (Å²) >= 11 is 18.0. The largest absolute Gasteiger partial charge is 0.327 e. The van der Waals surface area contributed by atoms with Crippen LogP contribution in [0.2, 0.25) is 15.1 Å². The molecule has 2 rings (SSSR count). The van der Waals surface area contributed by atoms with E-state index in [9.17, 15) is 4.79 Å². The maximum atomic E-state index is 12.0. The van der Waals surface area contributed by atoms with Crippen LogP contribution in [0.15, 0.2) is 29.4 Å². The first-order valence-corrected chi connectivity index (χ1v) is 7.15. The summed E-state index contributed by atoms with van der Waals surface area (Å²) in [6, 6.07) is 2.96. The Labute approximate surface area is 142 Å². The predicted molar refractivity (Wildman–Crippen MR) is 87.8 cm³/mol. The minimum absolute atomic E-state index is 0.00400. The molecule has 8 heteroatoms. The molecule has 114 valence electrons. The lowest BCUT2D eigenvalue weighted by Gasteiger charge is -2.15. The Balaban J connectivity index is 2.18. The summed E-state index contributed by atoms with van der Waals surface area (Å²) in [5.41, 5.74) is 3.39. The summed E-state index contributed by atoms with van der Waals surface area (Å²) in [7, 11) is 0. The van der Waals surface area contributed by atoms with Crippen molar-refractivity contribution in [3.63, 3.8) is 0 Å². The monoisotopic (exact) mass is 357 g/mol. The quantitative estimate of drug-likeness (QED) is 0.647. The smallest absolute Gasteiger partial charge is 0.255 e. The molecule has 1 amide bonds. The van der Waals surface area contributed by atoms with Gasteiger partial charge in [-0.25, -0.2) is 0 Å². The zero-order chi connectivity index (χ0) is 16.3. The molecule has 1 aliphatic heterocycles. The van der Waals surface area contributed by atoms with Gasteiger partial charge in [-0.2, -0.15) is 10.5 Å². The molecular weight excluding hydrogens is 349 g/mol. The van der Waals surface area contributed by atoms with E-state index in [2.05, 4.69) is 29.2 Å². The summed E-state index contributed by atoms with van der Waals surface area (Å²) in [5.74, 6) is 2.57. The molecule has 0 aliphatic carbocycles. The Hall–Kier alpha value is -1.87. The van der Waals surface area contributed by atoms with E-state index in [-0.39, 0.29) is 33.9 Å². The Kier molecular flexibility index (Phi) is 5.19. The molecule has 1 heterocycles. The number of nitrogens with one attached hydrogen (secondary N) is 1. The van der Waals surface area contributed by atoms with Gasteiger partial charge in [0.1, 0.15) is 5.69 Å². The summed E-state index contributed by atoms with van der Waals surface area (Å²) < 4.78 is 0. The highest BCUT2D eigenvalue weighted by atomic mass is 35.5. The maximum Gasteiger partial charge on any atom is 0.255 e. The molecule has 0 bridgehead atoms. The number of hydrazone groups is 1. The van der Waals surface area contributed by atoms with Gasteiger partial charge < -0.3 is 4.84 Å². The van der Waals surface area contributed by atoms with Gasteiger partial charge in [0, 0.05) is 5.02 Å². The highest BCUT2D eigenvalue weighted by molar-refractivity contribution is 6.42. The third-order valence-electron chi connectivity index (χ3n) is 2.45. The molecule has 1 N–H and O–H groups in total. The highest BCUT2D eigenvalue weighted by Gasteiger charge is 2.29. The van der Waals surface area contributed by atoms with E-state index in [1.807, 2.05) is 0 Å². The molecule has 0 saturated carbocycles. The maximum absolute atomic E-state index is 12.0. The minimum atomic E-state index is -0.315. The molecule has 0 radical (unpaired) electrons. The summed E-state index contributed by atoms with van der Waals surface area (Å²) in [6.45, 7) is 5.34. The van der Waals surface area contributed by atoms with Crippen LogP contribution < -0.4 is 10.5 Å². The van der Waals surface area contributed by atoms with E-state index in [4.69, 9.17) is 39.6 Å². The molecule has 0 fully saturated rings. The number of benzene rings is 1. The Morgan fingerprint density at radius 2 is 2.05 bits per heavy atom.